The molecule has 0 spiro atoms. The molecule has 1 aromatic carbocycles. The van der Waals surface area contributed by atoms with E-state index in [1.165, 1.54) is 11.3 Å². The fourth-order valence-electron chi connectivity index (χ4n) is 2.23. The summed E-state index contributed by atoms with van der Waals surface area (Å²) in [5.74, 6) is 10.1. The van der Waals surface area contributed by atoms with Crippen molar-refractivity contribution in [1.82, 2.24) is 10.4 Å². The Labute approximate surface area is 158 Å². The number of fused-ring (bicyclic) bond motifs is 1. The van der Waals surface area contributed by atoms with Gasteiger partial charge in [0.15, 0.2) is 0 Å². The molecule has 2 N–H and O–H groups in total. The van der Waals surface area contributed by atoms with Crippen LogP contribution in [0.4, 0.5) is 4.79 Å². The van der Waals surface area contributed by atoms with E-state index in [2.05, 4.69) is 29.0 Å². The van der Waals surface area contributed by atoms with Crippen molar-refractivity contribution in [2.45, 2.75) is 0 Å². The first kappa shape index (κ1) is 18.2. The van der Waals surface area contributed by atoms with Crippen molar-refractivity contribution in [2.75, 3.05) is 13.2 Å². The smallest absolute Gasteiger partial charge is 0.405 e. The first-order chi connectivity index (χ1) is 13.1. The molecular weight excluding hydrogens is 368 g/mol. The SMILES string of the molecule is O=C(O)NCC#Cc1ccc(C#CCON2C(=O)c3ccccc3C2=O)s1. The van der Waals surface area contributed by atoms with Crippen molar-refractivity contribution in [3.63, 3.8) is 0 Å². The number of hydrogen-bond acceptors (Lipinski definition) is 5. The van der Waals surface area contributed by atoms with E-state index < -0.39 is 17.9 Å². The Kier molecular flexibility index (Phi) is 5.53. The maximum Gasteiger partial charge on any atom is 0.405 e. The minimum Gasteiger partial charge on any atom is -0.465 e. The molecule has 1 aliphatic rings. The molecule has 134 valence electrons. The summed E-state index contributed by atoms with van der Waals surface area (Å²) in [6, 6.07) is 10.1. The maximum atomic E-state index is 12.1. The van der Waals surface area contributed by atoms with E-state index in [9.17, 15) is 14.4 Å². The Morgan fingerprint density at radius 1 is 1.04 bits per heavy atom. The van der Waals surface area contributed by atoms with Gasteiger partial charge in [0.2, 0.25) is 0 Å². The molecule has 3 amide bonds. The molecule has 7 nitrogen and oxygen atoms in total. The average molecular weight is 380 g/mol. The normalized spacial score (nSPS) is 11.9. The van der Waals surface area contributed by atoms with Crippen LogP contribution >= 0.6 is 11.3 Å². The summed E-state index contributed by atoms with van der Waals surface area (Å²) in [6.45, 7) is -0.0741. The lowest BCUT2D eigenvalue weighted by atomic mass is 10.1. The zero-order chi connectivity index (χ0) is 19.2. The second-order valence-corrected chi connectivity index (χ2v) is 6.23. The number of carbonyl (C=O) groups is 3. The van der Waals surface area contributed by atoms with E-state index in [0.717, 1.165) is 14.8 Å². The molecular formula is C19H12N2O5S. The fraction of sp³-hybridized carbons (Fsp3) is 0.105. The van der Waals surface area contributed by atoms with Gasteiger partial charge in [0.05, 0.1) is 27.4 Å². The minimum absolute atomic E-state index is 0.0440. The number of hydroxylamine groups is 2. The number of amides is 3. The molecule has 1 aliphatic heterocycles. The molecule has 2 aromatic rings. The number of rotatable bonds is 3. The second kappa shape index (κ2) is 8.19. The summed E-state index contributed by atoms with van der Waals surface area (Å²) in [5.41, 5.74) is 0.628. The molecule has 0 saturated carbocycles. The molecule has 0 unspecified atom stereocenters. The summed E-state index contributed by atoms with van der Waals surface area (Å²) < 4.78 is 0. The van der Waals surface area contributed by atoms with Gasteiger partial charge in [-0.1, -0.05) is 35.8 Å². The van der Waals surface area contributed by atoms with Crippen LogP contribution in [-0.4, -0.2) is 41.2 Å². The van der Waals surface area contributed by atoms with Crippen LogP contribution < -0.4 is 5.32 Å². The molecule has 27 heavy (non-hydrogen) atoms. The Morgan fingerprint density at radius 2 is 1.63 bits per heavy atom. The van der Waals surface area contributed by atoms with Crippen molar-refractivity contribution >= 4 is 29.2 Å². The highest BCUT2D eigenvalue weighted by atomic mass is 32.1. The Morgan fingerprint density at radius 3 is 2.22 bits per heavy atom. The minimum atomic E-state index is -1.12. The number of carbonyl (C=O) groups excluding carboxylic acids is 2. The molecule has 0 atom stereocenters. The van der Waals surface area contributed by atoms with Crippen molar-refractivity contribution in [2.24, 2.45) is 0 Å². The first-order valence-corrected chi connectivity index (χ1v) is 8.53. The van der Waals surface area contributed by atoms with E-state index in [4.69, 9.17) is 9.94 Å². The van der Waals surface area contributed by atoms with Crippen LogP contribution in [0.2, 0.25) is 0 Å². The number of benzene rings is 1. The topological polar surface area (TPSA) is 95.9 Å². The molecule has 0 bridgehead atoms. The Bertz CT molecular complexity index is 1000. The summed E-state index contributed by atoms with van der Waals surface area (Å²) in [4.78, 5) is 41.2. The molecule has 0 saturated heterocycles. The number of carboxylic acid groups (broad SMARTS) is 1. The highest BCUT2D eigenvalue weighted by molar-refractivity contribution is 7.13. The fourth-order valence-corrected chi connectivity index (χ4v) is 2.98. The number of hydrogen-bond donors (Lipinski definition) is 2. The summed E-state index contributed by atoms with van der Waals surface area (Å²) in [7, 11) is 0. The first-order valence-electron chi connectivity index (χ1n) is 7.71. The standard InChI is InChI=1S/C19H12N2O5S/c22-17-15-7-1-2-8-16(15)18(23)21(17)26-12-4-6-14-10-9-13(27-14)5-3-11-20-19(24)25/h1-2,7-10,20H,11-12H2,(H,24,25). The molecule has 8 heteroatoms. The Hall–Kier alpha value is -3.59. The van der Waals surface area contributed by atoms with Crippen molar-refractivity contribution in [3.8, 4) is 23.7 Å². The highest BCUT2D eigenvalue weighted by Gasteiger charge is 2.36. The summed E-state index contributed by atoms with van der Waals surface area (Å²) in [6.07, 6.45) is -1.12. The van der Waals surface area contributed by atoms with Crippen molar-refractivity contribution in [3.05, 3.63) is 57.3 Å². The van der Waals surface area contributed by atoms with Crippen LogP contribution in [0, 0.1) is 23.7 Å². The van der Waals surface area contributed by atoms with Gasteiger partial charge in [-0.05, 0) is 24.3 Å². The molecule has 0 radical (unpaired) electrons. The van der Waals surface area contributed by atoms with E-state index in [0.29, 0.717) is 11.1 Å². The van der Waals surface area contributed by atoms with Gasteiger partial charge in [-0.15, -0.1) is 16.4 Å². The van der Waals surface area contributed by atoms with E-state index in [1.54, 1.807) is 36.4 Å². The van der Waals surface area contributed by atoms with Gasteiger partial charge in [-0.2, -0.15) is 0 Å². The average Bonchev–Trinajstić information content (AvgIpc) is 3.20. The summed E-state index contributed by atoms with van der Waals surface area (Å²) >= 11 is 1.34. The lowest BCUT2D eigenvalue weighted by Gasteiger charge is -2.10. The number of thiophene rings is 1. The van der Waals surface area contributed by atoms with Gasteiger partial charge < -0.3 is 10.4 Å². The lowest BCUT2D eigenvalue weighted by Crippen LogP contribution is -2.30. The van der Waals surface area contributed by atoms with E-state index in [1.807, 2.05) is 0 Å². The van der Waals surface area contributed by atoms with Crippen LogP contribution in [0.1, 0.15) is 30.5 Å². The van der Waals surface area contributed by atoms with Gasteiger partial charge in [0.25, 0.3) is 11.8 Å². The van der Waals surface area contributed by atoms with Crippen LogP contribution in [0.5, 0.6) is 0 Å². The monoisotopic (exact) mass is 380 g/mol. The van der Waals surface area contributed by atoms with Gasteiger partial charge in [-0.3, -0.25) is 9.59 Å². The van der Waals surface area contributed by atoms with E-state index >= 15 is 0 Å². The zero-order valence-corrected chi connectivity index (χ0v) is 14.6. The molecule has 2 heterocycles. The van der Waals surface area contributed by atoms with Crippen LogP contribution in [0.25, 0.3) is 0 Å². The quantitative estimate of drug-likeness (QED) is 0.627. The maximum absolute atomic E-state index is 12.1. The molecule has 1 aromatic heterocycles. The molecule has 0 fully saturated rings. The van der Waals surface area contributed by atoms with Crippen molar-refractivity contribution in [1.29, 1.82) is 0 Å². The molecule has 3 rings (SSSR count). The lowest BCUT2D eigenvalue weighted by molar-refractivity contribution is -0.0782. The number of nitrogens with zero attached hydrogens (tertiary/aromatic N) is 1. The third-order valence-corrected chi connectivity index (χ3v) is 4.30. The summed E-state index contributed by atoms with van der Waals surface area (Å²) in [5, 5.41) is 11.3. The number of imide groups is 1. The largest absolute Gasteiger partial charge is 0.465 e. The van der Waals surface area contributed by atoms with E-state index in [-0.39, 0.29) is 13.2 Å². The second-order valence-electron chi connectivity index (χ2n) is 5.15. The van der Waals surface area contributed by atoms with Gasteiger partial charge in [0, 0.05) is 0 Å². The van der Waals surface area contributed by atoms with Crippen LogP contribution in [0.3, 0.4) is 0 Å². The zero-order valence-electron chi connectivity index (χ0n) is 13.8. The van der Waals surface area contributed by atoms with Gasteiger partial charge in [-0.25, -0.2) is 9.63 Å². The third-order valence-electron chi connectivity index (χ3n) is 3.38. The highest BCUT2D eigenvalue weighted by Crippen LogP contribution is 2.22. The number of nitrogens with one attached hydrogen (secondary N) is 1. The third kappa shape index (κ3) is 4.33. The van der Waals surface area contributed by atoms with Gasteiger partial charge >= 0.3 is 6.09 Å². The van der Waals surface area contributed by atoms with Crippen LogP contribution in [0.15, 0.2) is 36.4 Å². The van der Waals surface area contributed by atoms with Crippen LogP contribution in [-0.2, 0) is 4.84 Å². The predicted octanol–water partition coefficient (Wildman–Crippen LogP) is 1.95. The molecule has 0 aliphatic carbocycles. The predicted molar refractivity (Wildman–Crippen MR) is 97.0 cm³/mol. The van der Waals surface area contributed by atoms with Gasteiger partial charge in [0.1, 0.15) is 6.61 Å². The Balaban J connectivity index is 1.54. The van der Waals surface area contributed by atoms with Crippen molar-refractivity contribution < 1.29 is 24.3 Å².